The summed E-state index contributed by atoms with van der Waals surface area (Å²) in [4.78, 5) is 22.2. The Morgan fingerprint density at radius 2 is 1.92 bits per heavy atom. The molecule has 0 aliphatic heterocycles. The molecule has 3 heteroatoms. The van der Waals surface area contributed by atoms with Crippen molar-refractivity contribution in [3.63, 3.8) is 0 Å². The normalized spacial score (nSPS) is 27.5. The zero-order chi connectivity index (χ0) is 9.14. The standard InChI is InChI=1S/C9H15NO2/c1-3-10-9(12)8-5-4-7(8)6(2)11/h7-8H,3-5H2,1-2H3,(H,10,12)/t7-,8-/m0/s1. The van der Waals surface area contributed by atoms with Crippen LogP contribution in [0, 0.1) is 11.8 Å². The monoisotopic (exact) mass is 169 g/mol. The highest BCUT2D eigenvalue weighted by Gasteiger charge is 2.38. The van der Waals surface area contributed by atoms with Crippen LogP contribution < -0.4 is 5.32 Å². The highest BCUT2D eigenvalue weighted by molar-refractivity contribution is 5.89. The Kier molecular flexibility index (Phi) is 2.84. The summed E-state index contributed by atoms with van der Waals surface area (Å²) in [5.41, 5.74) is 0. The molecule has 0 heterocycles. The smallest absolute Gasteiger partial charge is 0.223 e. The third-order valence-electron chi connectivity index (χ3n) is 2.48. The van der Waals surface area contributed by atoms with E-state index in [-0.39, 0.29) is 23.5 Å². The van der Waals surface area contributed by atoms with Gasteiger partial charge in [0.25, 0.3) is 0 Å². The molecule has 1 aliphatic rings. The molecule has 0 unspecified atom stereocenters. The van der Waals surface area contributed by atoms with Gasteiger partial charge >= 0.3 is 0 Å². The van der Waals surface area contributed by atoms with Gasteiger partial charge in [-0.25, -0.2) is 0 Å². The van der Waals surface area contributed by atoms with Gasteiger partial charge < -0.3 is 5.32 Å². The van der Waals surface area contributed by atoms with E-state index in [2.05, 4.69) is 5.32 Å². The van der Waals surface area contributed by atoms with Crippen LogP contribution in [0.5, 0.6) is 0 Å². The fourth-order valence-electron chi connectivity index (χ4n) is 1.61. The SMILES string of the molecule is CCNC(=O)[C@H]1CC[C@H]1C(C)=O. The van der Waals surface area contributed by atoms with Crippen LogP contribution in [0.4, 0.5) is 0 Å². The van der Waals surface area contributed by atoms with E-state index in [1.165, 1.54) is 0 Å². The van der Waals surface area contributed by atoms with Gasteiger partial charge in [-0.3, -0.25) is 9.59 Å². The lowest BCUT2D eigenvalue weighted by molar-refractivity contribution is -0.138. The van der Waals surface area contributed by atoms with Crippen LogP contribution in [0.25, 0.3) is 0 Å². The van der Waals surface area contributed by atoms with Crippen molar-refractivity contribution in [2.24, 2.45) is 11.8 Å². The maximum Gasteiger partial charge on any atom is 0.223 e. The second-order valence-electron chi connectivity index (χ2n) is 3.30. The Morgan fingerprint density at radius 3 is 2.25 bits per heavy atom. The van der Waals surface area contributed by atoms with Gasteiger partial charge in [0.2, 0.25) is 5.91 Å². The van der Waals surface area contributed by atoms with Crippen LogP contribution in [-0.4, -0.2) is 18.2 Å². The summed E-state index contributed by atoms with van der Waals surface area (Å²) >= 11 is 0. The lowest BCUT2D eigenvalue weighted by Crippen LogP contribution is -2.43. The zero-order valence-electron chi connectivity index (χ0n) is 7.59. The average Bonchev–Trinajstić information content (AvgIpc) is 1.82. The molecule has 0 radical (unpaired) electrons. The maximum atomic E-state index is 11.3. The molecule has 1 saturated carbocycles. The van der Waals surface area contributed by atoms with Gasteiger partial charge in [0.1, 0.15) is 5.78 Å². The van der Waals surface area contributed by atoms with Gasteiger partial charge in [0.15, 0.2) is 0 Å². The second kappa shape index (κ2) is 3.70. The first-order chi connectivity index (χ1) is 5.66. The largest absolute Gasteiger partial charge is 0.356 e. The summed E-state index contributed by atoms with van der Waals surface area (Å²) < 4.78 is 0. The van der Waals surface area contributed by atoms with Crippen LogP contribution in [0.3, 0.4) is 0 Å². The molecule has 1 rings (SSSR count). The molecular weight excluding hydrogens is 154 g/mol. The topological polar surface area (TPSA) is 46.2 Å². The van der Waals surface area contributed by atoms with E-state index < -0.39 is 0 Å². The quantitative estimate of drug-likeness (QED) is 0.677. The molecule has 0 aromatic heterocycles. The molecule has 1 fully saturated rings. The van der Waals surface area contributed by atoms with Crippen molar-refractivity contribution in [3.8, 4) is 0 Å². The number of Topliss-reactive ketones (excluding diaryl/α,β-unsaturated/α-hetero) is 1. The predicted molar refractivity (Wildman–Crippen MR) is 45.6 cm³/mol. The molecule has 0 aromatic carbocycles. The van der Waals surface area contributed by atoms with Crippen molar-refractivity contribution in [2.45, 2.75) is 26.7 Å². The van der Waals surface area contributed by atoms with Gasteiger partial charge in [0.05, 0.1) is 0 Å². The molecule has 0 spiro atoms. The van der Waals surface area contributed by atoms with Crippen molar-refractivity contribution >= 4 is 11.7 Å². The maximum absolute atomic E-state index is 11.3. The van der Waals surface area contributed by atoms with E-state index >= 15 is 0 Å². The summed E-state index contributed by atoms with van der Waals surface area (Å²) in [6.45, 7) is 4.11. The lowest BCUT2D eigenvalue weighted by atomic mass is 9.71. The Balaban J connectivity index is 2.43. The van der Waals surface area contributed by atoms with E-state index in [1.54, 1.807) is 6.92 Å². The minimum absolute atomic E-state index is 0.00319. The lowest BCUT2D eigenvalue weighted by Gasteiger charge is -2.33. The molecule has 1 aliphatic carbocycles. The van der Waals surface area contributed by atoms with Gasteiger partial charge in [-0.15, -0.1) is 0 Å². The third-order valence-corrected chi connectivity index (χ3v) is 2.48. The number of rotatable bonds is 3. The van der Waals surface area contributed by atoms with Gasteiger partial charge in [-0.2, -0.15) is 0 Å². The molecule has 12 heavy (non-hydrogen) atoms. The fourth-order valence-corrected chi connectivity index (χ4v) is 1.61. The summed E-state index contributed by atoms with van der Waals surface area (Å²) in [6.07, 6.45) is 1.76. The summed E-state index contributed by atoms with van der Waals surface area (Å²) in [5.74, 6) is 0.153. The summed E-state index contributed by atoms with van der Waals surface area (Å²) in [7, 11) is 0. The Hall–Kier alpha value is -0.860. The molecule has 1 N–H and O–H groups in total. The van der Waals surface area contributed by atoms with Crippen molar-refractivity contribution in [3.05, 3.63) is 0 Å². The van der Waals surface area contributed by atoms with E-state index in [9.17, 15) is 9.59 Å². The molecule has 3 nitrogen and oxygen atoms in total. The van der Waals surface area contributed by atoms with Crippen LogP contribution in [0.1, 0.15) is 26.7 Å². The van der Waals surface area contributed by atoms with Crippen LogP contribution in [-0.2, 0) is 9.59 Å². The number of hydrogen-bond donors (Lipinski definition) is 1. The molecule has 68 valence electrons. The van der Waals surface area contributed by atoms with Crippen LogP contribution >= 0.6 is 0 Å². The Bertz CT molecular complexity index is 201. The van der Waals surface area contributed by atoms with Gasteiger partial charge in [-0.05, 0) is 26.7 Å². The fraction of sp³-hybridized carbons (Fsp3) is 0.778. The number of hydrogen-bond acceptors (Lipinski definition) is 2. The molecule has 0 saturated heterocycles. The van der Waals surface area contributed by atoms with Gasteiger partial charge in [-0.1, -0.05) is 0 Å². The second-order valence-corrected chi connectivity index (χ2v) is 3.30. The Morgan fingerprint density at radius 1 is 1.33 bits per heavy atom. The van der Waals surface area contributed by atoms with Crippen molar-refractivity contribution in [2.75, 3.05) is 6.54 Å². The van der Waals surface area contributed by atoms with E-state index in [4.69, 9.17) is 0 Å². The zero-order valence-corrected chi connectivity index (χ0v) is 7.59. The predicted octanol–water partition coefficient (Wildman–Crippen LogP) is 0.738. The summed E-state index contributed by atoms with van der Waals surface area (Å²) in [6, 6.07) is 0. The highest BCUT2D eigenvalue weighted by Crippen LogP contribution is 2.34. The first-order valence-electron chi connectivity index (χ1n) is 4.45. The number of ketones is 1. The van der Waals surface area contributed by atoms with Crippen LogP contribution in [0.2, 0.25) is 0 Å². The van der Waals surface area contributed by atoms with E-state index in [0.717, 1.165) is 12.8 Å². The number of amides is 1. The van der Waals surface area contributed by atoms with E-state index in [1.807, 2.05) is 6.92 Å². The first kappa shape index (κ1) is 9.23. The van der Waals surface area contributed by atoms with Crippen molar-refractivity contribution < 1.29 is 9.59 Å². The first-order valence-corrected chi connectivity index (χ1v) is 4.45. The molecule has 0 aromatic rings. The molecule has 0 bridgehead atoms. The van der Waals surface area contributed by atoms with Crippen molar-refractivity contribution in [1.29, 1.82) is 0 Å². The highest BCUT2D eigenvalue weighted by atomic mass is 16.2. The minimum Gasteiger partial charge on any atom is -0.356 e. The Labute approximate surface area is 72.5 Å². The molecular formula is C9H15NO2. The average molecular weight is 169 g/mol. The van der Waals surface area contributed by atoms with Gasteiger partial charge in [0, 0.05) is 18.4 Å². The number of carbonyl (C=O) groups is 2. The van der Waals surface area contributed by atoms with E-state index in [0.29, 0.717) is 6.54 Å². The molecule has 1 amide bonds. The number of nitrogens with one attached hydrogen (secondary N) is 1. The summed E-state index contributed by atoms with van der Waals surface area (Å²) in [5, 5.41) is 2.74. The number of carbonyl (C=O) groups excluding carboxylic acids is 2. The third kappa shape index (κ3) is 1.65. The van der Waals surface area contributed by atoms with Crippen LogP contribution in [0.15, 0.2) is 0 Å². The van der Waals surface area contributed by atoms with Crippen molar-refractivity contribution in [1.82, 2.24) is 5.32 Å². The minimum atomic E-state index is -0.0394. The molecule has 2 atom stereocenters.